The monoisotopic (exact) mass is 432 g/mol. The largest absolute Gasteiger partial charge is 0.497 e. The van der Waals surface area contributed by atoms with Crippen molar-refractivity contribution in [2.45, 2.75) is 30.3 Å². The van der Waals surface area contributed by atoms with Crippen LogP contribution in [0.25, 0.3) is 0 Å². The summed E-state index contributed by atoms with van der Waals surface area (Å²) in [6.07, 6.45) is 2.71. The number of nitrogens with zero attached hydrogens (tertiary/aromatic N) is 2. The molecular formula is C22H28N2O5S. The number of amides is 1. The minimum atomic E-state index is -3.20. The van der Waals surface area contributed by atoms with Gasteiger partial charge in [0.15, 0.2) is 0 Å². The van der Waals surface area contributed by atoms with Crippen molar-refractivity contribution in [3.63, 3.8) is 0 Å². The number of ether oxygens (including phenoxy) is 2. The topological polar surface area (TPSA) is 82.5 Å². The molecule has 0 saturated carbocycles. The molecule has 8 heteroatoms. The summed E-state index contributed by atoms with van der Waals surface area (Å²) < 4.78 is 33.6. The van der Waals surface area contributed by atoms with Gasteiger partial charge in [0, 0.05) is 25.7 Å². The average Bonchev–Trinajstić information content (AvgIpc) is 3.27. The van der Waals surface area contributed by atoms with Crippen molar-refractivity contribution in [2.75, 3.05) is 33.3 Å². The van der Waals surface area contributed by atoms with Gasteiger partial charge >= 0.3 is 0 Å². The molecule has 0 spiro atoms. The van der Waals surface area contributed by atoms with Gasteiger partial charge in [-0.3, -0.25) is 18.8 Å². The number of hydrogen-bond acceptors (Lipinski definition) is 6. The Kier molecular flexibility index (Phi) is 6.19. The highest BCUT2D eigenvalue weighted by Crippen LogP contribution is 2.58. The first-order valence-electron chi connectivity index (χ1n) is 10.2. The average molecular weight is 433 g/mol. The lowest BCUT2D eigenvalue weighted by atomic mass is 10.2. The normalized spacial score (nSPS) is 21.5. The minimum absolute atomic E-state index is 0.152. The van der Waals surface area contributed by atoms with Crippen LogP contribution in [0.15, 0.2) is 53.4 Å². The molecule has 1 unspecified atom stereocenters. The number of hydrogen-bond donors (Lipinski definition) is 2. The first-order valence-corrected chi connectivity index (χ1v) is 11.7. The van der Waals surface area contributed by atoms with Gasteiger partial charge in [-0.05, 0) is 50.1 Å². The van der Waals surface area contributed by atoms with Crippen LogP contribution in [0.2, 0.25) is 0 Å². The Morgan fingerprint density at radius 2 is 1.83 bits per heavy atom. The molecule has 4 rings (SSSR count). The molecule has 0 aromatic heterocycles. The minimum Gasteiger partial charge on any atom is -0.497 e. The zero-order chi connectivity index (χ0) is 21.1. The third-order valence-electron chi connectivity index (χ3n) is 5.60. The zero-order valence-corrected chi connectivity index (χ0v) is 17.9. The molecule has 0 bridgehead atoms. The van der Waals surface area contributed by atoms with Crippen molar-refractivity contribution in [1.82, 2.24) is 9.21 Å². The van der Waals surface area contributed by atoms with Crippen LogP contribution in [0.5, 0.6) is 11.5 Å². The molecule has 30 heavy (non-hydrogen) atoms. The second-order valence-corrected chi connectivity index (χ2v) is 9.56. The molecule has 1 amide bonds. The van der Waals surface area contributed by atoms with E-state index in [0.717, 1.165) is 44.0 Å². The van der Waals surface area contributed by atoms with E-state index >= 15 is 0 Å². The van der Waals surface area contributed by atoms with Crippen LogP contribution >= 0.6 is 10.8 Å². The highest BCUT2D eigenvalue weighted by molar-refractivity contribution is 8.23. The number of carbonyl (C=O) groups is 1. The van der Waals surface area contributed by atoms with Gasteiger partial charge in [-0.25, -0.2) is 4.31 Å². The van der Waals surface area contributed by atoms with Crippen LogP contribution in [0, 0.1) is 0 Å². The summed E-state index contributed by atoms with van der Waals surface area (Å²) in [7, 11) is -1.56. The van der Waals surface area contributed by atoms with Crippen molar-refractivity contribution in [2.24, 2.45) is 0 Å². The maximum absolute atomic E-state index is 12.5. The van der Waals surface area contributed by atoms with E-state index in [4.69, 9.17) is 9.47 Å². The van der Waals surface area contributed by atoms with Crippen LogP contribution in [-0.2, 0) is 0 Å². The van der Waals surface area contributed by atoms with Gasteiger partial charge in [0.25, 0.3) is 5.91 Å². The Morgan fingerprint density at radius 1 is 1.07 bits per heavy atom. The van der Waals surface area contributed by atoms with Crippen LogP contribution in [-0.4, -0.2) is 63.6 Å². The summed E-state index contributed by atoms with van der Waals surface area (Å²) >= 11 is 0. The standard InChI is InChI=1S/C22H28N2O5S/c1-28-17-7-6-8-18(15-17)29-19-11-14-23(16-19)12-4-5-13-24-22(25)20-9-2-3-10-21(20)30(24,26)27/h2-3,6-10,15,19,26-27H,4-5,11-14,16H2,1H3. The smallest absolute Gasteiger partial charge is 0.274 e. The first kappa shape index (κ1) is 21.0. The molecule has 0 aliphatic carbocycles. The maximum atomic E-state index is 12.5. The number of benzene rings is 2. The van der Waals surface area contributed by atoms with Crippen LogP contribution in [0.4, 0.5) is 0 Å². The summed E-state index contributed by atoms with van der Waals surface area (Å²) in [4.78, 5) is 15.2. The highest BCUT2D eigenvalue weighted by Gasteiger charge is 2.40. The second-order valence-electron chi connectivity index (χ2n) is 7.64. The lowest BCUT2D eigenvalue weighted by molar-refractivity contribution is 0.0860. The number of likely N-dealkylation sites (tertiary alicyclic amines) is 1. The highest BCUT2D eigenvalue weighted by atomic mass is 32.3. The van der Waals surface area contributed by atoms with Gasteiger partial charge < -0.3 is 9.47 Å². The van der Waals surface area contributed by atoms with E-state index in [-0.39, 0.29) is 12.0 Å². The fourth-order valence-electron chi connectivity index (χ4n) is 4.03. The molecule has 1 saturated heterocycles. The van der Waals surface area contributed by atoms with E-state index < -0.39 is 10.8 Å². The summed E-state index contributed by atoms with van der Waals surface area (Å²) in [6, 6.07) is 14.4. The molecule has 2 N–H and O–H groups in total. The second kappa shape index (κ2) is 8.85. The lowest BCUT2D eigenvalue weighted by Crippen LogP contribution is -2.30. The maximum Gasteiger partial charge on any atom is 0.274 e. The molecule has 7 nitrogen and oxygen atoms in total. The quantitative estimate of drug-likeness (QED) is 0.611. The summed E-state index contributed by atoms with van der Waals surface area (Å²) in [5, 5.41) is 0. The van der Waals surface area contributed by atoms with E-state index in [0.29, 0.717) is 23.4 Å². The molecular weight excluding hydrogens is 404 g/mol. The summed E-state index contributed by atoms with van der Waals surface area (Å²) in [5.74, 6) is 1.31. The lowest BCUT2D eigenvalue weighted by Gasteiger charge is -2.37. The Balaban J connectivity index is 1.22. The van der Waals surface area contributed by atoms with Gasteiger partial charge in [0.05, 0.1) is 17.6 Å². The first-order chi connectivity index (χ1) is 14.5. The number of carbonyl (C=O) groups excluding carboxylic acids is 1. The molecule has 2 heterocycles. The molecule has 2 aromatic rings. The zero-order valence-electron chi connectivity index (χ0n) is 17.1. The number of unbranched alkanes of at least 4 members (excludes halogenated alkanes) is 1. The van der Waals surface area contributed by atoms with Crippen LogP contribution in [0.3, 0.4) is 0 Å². The van der Waals surface area contributed by atoms with Crippen molar-refractivity contribution in [3.05, 3.63) is 54.1 Å². The van der Waals surface area contributed by atoms with E-state index in [1.165, 1.54) is 4.31 Å². The Labute approximate surface area is 178 Å². The molecule has 0 radical (unpaired) electrons. The Morgan fingerprint density at radius 3 is 2.63 bits per heavy atom. The third-order valence-corrected chi connectivity index (χ3v) is 7.51. The fourth-order valence-corrected chi connectivity index (χ4v) is 5.70. The predicted octanol–water partition coefficient (Wildman–Crippen LogP) is 4.11. The van der Waals surface area contributed by atoms with Crippen molar-refractivity contribution in [3.8, 4) is 11.5 Å². The van der Waals surface area contributed by atoms with E-state index in [9.17, 15) is 13.9 Å². The molecule has 162 valence electrons. The summed E-state index contributed by atoms with van der Waals surface area (Å²) in [5.41, 5.74) is 0.398. The molecule has 1 fully saturated rings. The van der Waals surface area contributed by atoms with Gasteiger partial charge in [0.1, 0.15) is 17.6 Å². The molecule has 2 aliphatic heterocycles. The summed E-state index contributed by atoms with van der Waals surface area (Å²) in [6.45, 7) is 3.07. The third kappa shape index (κ3) is 4.27. The van der Waals surface area contributed by atoms with Gasteiger partial charge in [-0.1, -0.05) is 29.0 Å². The van der Waals surface area contributed by atoms with Gasteiger partial charge in [-0.2, -0.15) is 0 Å². The predicted molar refractivity (Wildman–Crippen MR) is 116 cm³/mol. The van der Waals surface area contributed by atoms with Crippen LogP contribution < -0.4 is 9.47 Å². The van der Waals surface area contributed by atoms with Gasteiger partial charge in [-0.15, -0.1) is 0 Å². The SMILES string of the molecule is COc1cccc(OC2CCN(CCCCN3C(=O)c4ccccc4S3(O)O)C2)c1. The van der Waals surface area contributed by atoms with E-state index in [1.807, 2.05) is 24.3 Å². The van der Waals surface area contributed by atoms with Gasteiger partial charge in [0.2, 0.25) is 0 Å². The number of rotatable bonds is 8. The fraction of sp³-hybridized carbons (Fsp3) is 0.409. The molecule has 2 aliphatic rings. The van der Waals surface area contributed by atoms with E-state index in [1.54, 1.807) is 31.4 Å². The molecule has 1 atom stereocenters. The van der Waals surface area contributed by atoms with Crippen molar-refractivity contribution in [1.29, 1.82) is 0 Å². The van der Waals surface area contributed by atoms with Crippen molar-refractivity contribution < 1.29 is 23.4 Å². The number of fused-ring (bicyclic) bond motifs is 1. The van der Waals surface area contributed by atoms with Crippen LogP contribution in [0.1, 0.15) is 29.6 Å². The Hall–Kier alpha value is -2.26. The number of methoxy groups -OCH3 is 1. The van der Waals surface area contributed by atoms with Crippen molar-refractivity contribution >= 4 is 16.7 Å². The van der Waals surface area contributed by atoms with E-state index in [2.05, 4.69) is 4.90 Å². The Bertz CT molecular complexity index is 907. The molecule has 2 aromatic carbocycles.